The van der Waals surface area contributed by atoms with Crippen LogP contribution in [0.1, 0.15) is 99.8 Å². The molecule has 0 heterocycles. The third kappa shape index (κ3) is 6.66. The van der Waals surface area contributed by atoms with Gasteiger partial charge in [0.25, 0.3) is 5.60 Å². The second-order valence-electron chi connectivity index (χ2n) is 13.4. The van der Waals surface area contributed by atoms with Crippen LogP contribution in [0.15, 0.2) is 0 Å². The number of hydrogen-bond acceptors (Lipinski definition) is 3. The van der Waals surface area contributed by atoms with Crippen molar-refractivity contribution in [2.75, 3.05) is 0 Å². The largest absolute Gasteiger partial charge is 0.458 e. The van der Waals surface area contributed by atoms with Gasteiger partial charge in [0.2, 0.25) is 0 Å². The van der Waals surface area contributed by atoms with E-state index in [2.05, 4.69) is 0 Å². The van der Waals surface area contributed by atoms with Crippen molar-refractivity contribution in [3.05, 3.63) is 0 Å². The van der Waals surface area contributed by atoms with Crippen LogP contribution in [0, 0.1) is 46.8 Å². The molecule has 0 aliphatic heterocycles. The van der Waals surface area contributed by atoms with Crippen LogP contribution in [0.5, 0.6) is 0 Å². The second kappa shape index (κ2) is 12.1. The van der Waals surface area contributed by atoms with Gasteiger partial charge >= 0.3 is 24.5 Å². The molecule has 0 spiro atoms. The third-order valence-electron chi connectivity index (χ3n) is 10.4. The molecule has 2 bridgehead atoms. The summed E-state index contributed by atoms with van der Waals surface area (Å²) in [4.78, 5) is 13.2. The van der Waals surface area contributed by atoms with Crippen molar-refractivity contribution in [1.82, 2.24) is 0 Å². The number of rotatable bonds is 12. The quantitative estimate of drug-likeness (QED) is 0.177. The van der Waals surface area contributed by atoms with Gasteiger partial charge in [-0.15, -0.1) is 0 Å². The first-order chi connectivity index (χ1) is 18.4. The van der Waals surface area contributed by atoms with E-state index in [-0.39, 0.29) is 48.9 Å². The molecule has 242 valence electrons. The summed E-state index contributed by atoms with van der Waals surface area (Å²) in [7, 11) is 0. The van der Waals surface area contributed by atoms with E-state index in [4.69, 9.17) is 4.74 Å². The first-order valence-electron chi connectivity index (χ1n) is 14.6. The Kier molecular flexibility index (Phi) is 10.6. The number of fused-ring (bicyclic) bond motifs is 2. The number of carbonyl (C=O) groups is 1. The highest BCUT2D eigenvalue weighted by atomic mass is 19.4. The SMILES string of the molecule is CCCC(OC(=O)C(C)(CCCC1C2CC(CC(O)(C(F)(F)F)C(F)(F)F)C(C2)C1C)C(F)(F)F)(C(C)C)C(C)C. The molecule has 6 atom stereocenters. The minimum Gasteiger partial charge on any atom is -0.458 e. The van der Waals surface area contributed by atoms with E-state index < -0.39 is 65.8 Å². The molecule has 2 rings (SSSR count). The van der Waals surface area contributed by atoms with Gasteiger partial charge in [-0.1, -0.05) is 54.4 Å². The summed E-state index contributed by atoms with van der Waals surface area (Å²) >= 11 is 0. The van der Waals surface area contributed by atoms with Gasteiger partial charge in [0.1, 0.15) is 5.60 Å². The summed E-state index contributed by atoms with van der Waals surface area (Å²) in [5.41, 5.74) is -8.64. The van der Waals surface area contributed by atoms with E-state index >= 15 is 0 Å². The highest BCUT2D eigenvalue weighted by Crippen LogP contribution is 2.60. The average Bonchev–Trinajstić information content (AvgIpc) is 3.33. The molecule has 0 radical (unpaired) electrons. The van der Waals surface area contributed by atoms with Gasteiger partial charge in [0.15, 0.2) is 5.41 Å². The van der Waals surface area contributed by atoms with Crippen molar-refractivity contribution < 1.29 is 54.2 Å². The third-order valence-corrected chi connectivity index (χ3v) is 10.4. The number of carbonyl (C=O) groups excluding carboxylic acids is 1. The summed E-state index contributed by atoms with van der Waals surface area (Å²) in [6, 6.07) is 0. The molecule has 12 heteroatoms. The molecule has 0 saturated heterocycles. The lowest BCUT2D eigenvalue weighted by Crippen LogP contribution is -2.58. The minimum absolute atomic E-state index is 0.00677. The first kappa shape index (κ1) is 36.0. The number of ether oxygens (including phenoxy) is 1. The number of halogens is 9. The lowest BCUT2D eigenvalue weighted by atomic mass is 9.69. The Labute approximate surface area is 237 Å². The number of alkyl halides is 9. The van der Waals surface area contributed by atoms with Crippen LogP contribution in [-0.4, -0.2) is 40.8 Å². The maximum atomic E-state index is 14.3. The second-order valence-corrected chi connectivity index (χ2v) is 13.4. The van der Waals surface area contributed by atoms with Crippen LogP contribution in [0.4, 0.5) is 39.5 Å². The summed E-state index contributed by atoms with van der Waals surface area (Å²) in [5.74, 6) is -4.07. The molecule has 2 aliphatic carbocycles. The fourth-order valence-electron chi connectivity index (χ4n) is 7.70. The normalized spacial score (nSPS) is 27.5. The zero-order chi connectivity index (χ0) is 32.0. The molecular formula is C29H45F9O3. The van der Waals surface area contributed by atoms with Gasteiger partial charge < -0.3 is 9.84 Å². The van der Waals surface area contributed by atoms with Gasteiger partial charge in [-0.3, -0.25) is 4.79 Å². The van der Waals surface area contributed by atoms with Gasteiger partial charge in [-0.05, 0) is 86.9 Å². The summed E-state index contributed by atoms with van der Waals surface area (Å²) in [6.45, 7) is 11.6. The predicted octanol–water partition coefficient (Wildman–Crippen LogP) is 9.27. The fourth-order valence-corrected chi connectivity index (χ4v) is 7.70. The van der Waals surface area contributed by atoms with E-state index in [1.54, 1.807) is 6.92 Å². The zero-order valence-corrected chi connectivity index (χ0v) is 24.9. The summed E-state index contributed by atoms with van der Waals surface area (Å²) < 4.78 is 128. The maximum absolute atomic E-state index is 14.3. The Morgan fingerprint density at radius 1 is 0.878 bits per heavy atom. The van der Waals surface area contributed by atoms with Crippen molar-refractivity contribution in [3.8, 4) is 0 Å². The van der Waals surface area contributed by atoms with Crippen molar-refractivity contribution in [3.63, 3.8) is 0 Å². The molecule has 0 aromatic carbocycles. The van der Waals surface area contributed by atoms with Crippen LogP contribution >= 0.6 is 0 Å². The van der Waals surface area contributed by atoms with Crippen LogP contribution in [0.25, 0.3) is 0 Å². The molecule has 0 amide bonds. The highest BCUT2D eigenvalue weighted by molar-refractivity contribution is 5.78. The predicted molar refractivity (Wildman–Crippen MR) is 135 cm³/mol. The molecule has 6 unspecified atom stereocenters. The Hall–Kier alpha value is -1.20. The number of hydrogen-bond donors (Lipinski definition) is 1. The van der Waals surface area contributed by atoms with E-state index in [0.29, 0.717) is 19.3 Å². The minimum atomic E-state index is -5.88. The van der Waals surface area contributed by atoms with Gasteiger partial charge in [0, 0.05) is 0 Å². The van der Waals surface area contributed by atoms with E-state index in [1.165, 1.54) is 0 Å². The smallest absolute Gasteiger partial charge is 0.426 e. The molecule has 1 N–H and O–H groups in total. The zero-order valence-electron chi connectivity index (χ0n) is 24.9. The van der Waals surface area contributed by atoms with E-state index in [0.717, 1.165) is 6.92 Å². The molecule has 0 aromatic rings. The van der Waals surface area contributed by atoms with Crippen molar-refractivity contribution in [2.24, 2.45) is 46.8 Å². The topological polar surface area (TPSA) is 46.5 Å². The van der Waals surface area contributed by atoms with Crippen molar-refractivity contribution in [1.29, 1.82) is 0 Å². The average molecular weight is 613 g/mol. The lowest BCUT2D eigenvalue weighted by Gasteiger charge is -2.43. The maximum Gasteiger partial charge on any atom is 0.426 e. The van der Waals surface area contributed by atoms with Gasteiger partial charge in [0.05, 0.1) is 0 Å². The number of esters is 1. The Morgan fingerprint density at radius 3 is 1.78 bits per heavy atom. The Balaban J connectivity index is 2.14. The van der Waals surface area contributed by atoms with Crippen LogP contribution in [0.2, 0.25) is 0 Å². The monoisotopic (exact) mass is 612 g/mol. The summed E-state index contributed by atoms with van der Waals surface area (Å²) in [6.07, 6.45) is -17.0. The van der Waals surface area contributed by atoms with Crippen molar-refractivity contribution >= 4 is 5.97 Å². The van der Waals surface area contributed by atoms with Crippen LogP contribution in [0.3, 0.4) is 0 Å². The Bertz CT molecular complexity index is 869. The first-order valence-corrected chi connectivity index (χ1v) is 14.6. The van der Waals surface area contributed by atoms with Crippen molar-refractivity contribution in [2.45, 2.75) is 130 Å². The van der Waals surface area contributed by atoms with E-state index in [1.807, 2.05) is 34.6 Å². The molecular weight excluding hydrogens is 567 g/mol. The lowest BCUT2D eigenvalue weighted by molar-refractivity contribution is -0.373. The molecule has 41 heavy (non-hydrogen) atoms. The number of aliphatic hydroxyl groups is 1. The summed E-state index contributed by atoms with van der Waals surface area (Å²) in [5, 5.41) is 9.67. The van der Waals surface area contributed by atoms with Gasteiger partial charge in [-0.25, -0.2) is 0 Å². The van der Waals surface area contributed by atoms with E-state index in [9.17, 15) is 49.4 Å². The Morgan fingerprint density at radius 2 is 1.39 bits per heavy atom. The van der Waals surface area contributed by atoms with Crippen LogP contribution < -0.4 is 0 Å². The fraction of sp³-hybridized carbons (Fsp3) is 0.966. The highest BCUT2D eigenvalue weighted by Gasteiger charge is 2.71. The molecule has 2 saturated carbocycles. The molecule has 2 aliphatic rings. The molecule has 2 fully saturated rings. The van der Waals surface area contributed by atoms with Crippen LogP contribution in [-0.2, 0) is 9.53 Å². The molecule has 0 aromatic heterocycles. The molecule has 3 nitrogen and oxygen atoms in total. The van der Waals surface area contributed by atoms with Gasteiger partial charge in [-0.2, -0.15) is 39.5 Å². The standard InChI is InChI=1S/C29H45F9O3/c1-8-11-25(16(2)3,17(4)5)41-23(39)24(7,27(30,31)32)12-9-10-21-18(6)22-14-19(21)13-20(22)15-26(40,28(33,34)35)29(36,37)38/h16-22,40H,8-15H2,1-7H3.